The number of aryl methyl sites for hydroxylation is 1. The van der Waals surface area contributed by atoms with E-state index >= 15 is 0 Å². The number of alkyl halides is 3. The van der Waals surface area contributed by atoms with Gasteiger partial charge in [0.1, 0.15) is 6.33 Å². The predicted molar refractivity (Wildman–Crippen MR) is 90.2 cm³/mol. The molecule has 0 aliphatic rings. The molecule has 2 rings (SSSR count). The summed E-state index contributed by atoms with van der Waals surface area (Å²) in [7, 11) is 0. The van der Waals surface area contributed by atoms with Gasteiger partial charge in [-0.05, 0) is 33.3 Å². The average Bonchev–Trinajstić information content (AvgIpc) is 2.58. The van der Waals surface area contributed by atoms with Gasteiger partial charge in [0.05, 0.1) is 16.7 Å². The van der Waals surface area contributed by atoms with E-state index in [0.717, 1.165) is 6.07 Å². The first-order chi connectivity index (χ1) is 12.1. The number of hydrogen-bond acceptors (Lipinski definition) is 4. The fourth-order valence-corrected chi connectivity index (χ4v) is 2.44. The summed E-state index contributed by atoms with van der Waals surface area (Å²) in [5, 5.41) is 0. The summed E-state index contributed by atoms with van der Waals surface area (Å²) in [4.78, 5) is 20.5. The first-order valence-corrected chi connectivity index (χ1v) is 8.21. The second-order valence-electron chi connectivity index (χ2n) is 6.90. The van der Waals surface area contributed by atoms with Crippen molar-refractivity contribution in [2.24, 2.45) is 5.41 Å². The molecule has 0 bridgehead atoms. The van der Waals surface area contributed by atoms with Gasteiger partial charge in [-0.15, -0.1) is 0 Å². The quantitative estimate of drug-likeness (QED) is 0.734. The number of carbonyl (C=O) groups is 1. The molecule has 0 spiro atoms. The van der Waals surface area contributed by atoms with Crippen LogP contribution in [-0.4, -0.2) is 15.9 Å². The summed E-state index contributed by atoms with van der Waals surface area (Å²) in [6.45, 7) is 6.75. The van der Waals surface area contributed by atoms with Gasteiger partial charge in [0.25, 0.3) is 0 Å². The van der Waals surface area contributed by atoms with E-state index in [9.17, 15) is 18.0 Å². The number of carbonyl (C=O) groups excluding carboxylic acids is 1. The van der Waals surface area contributed by atoms with Gasteiger partial charge in [-0.3, -0.25) is 4.79 Å². The zero-order chi connectivity index (χ0) is 19.5. The highest BCUT2D eigenvalue weighted by molar-refractivity contribution is 5.76. The Balaban J connectivity index is 2.65. The summed E-state index contributed by atoms with van der Waals surface area (Å²) < 4.78 is 46.1. The number of halogens is 3. The van der Waals surface area contributed by atoms with Crippen molar-refractivity contribution in [1.29, 1.82) is 0 Å². The Morgan fingerprint density at radius 2 is 1.81 bits per heavy atom. The van der Waals surface area contributed by atoms with Crippen LogP contribution in [0.2, 0.25) is 0 Å². The van der Waals surface area contributed by atoms with Gasteiger partial charge in [-0.1, -0.05) is 25.1 Å². The Kier molecular flexibility index (Phi) is 5.68. The Morgan fingerprint density at radius 1 is 1.15 bits per heavy atom. The molecule has 0 saturated heterocycles. The van der Waals surface area contributed by atoms with E-state index in [2.05, 4.69) is 9.97 Å². The molecular weight excluding hydrogens is 345 g/mol. The summed E-state index contributed by atoms with van der Waals surface area (Å²) in [5.74, 6) is -0.606. The Hall–Kier alpha value is -2.44. The molecule has 1 atom stereocenters. The molecule has 0 radical (unpaired) electrons. The Labute approximate surface area is 150 Å². The maximum absolute atomic E-state index is 13.5. The number of nitrogens with zero attached hydrogens (tertiary/aromatic N) is 2. The highest BCUT2D eigenvalue weighted by Crippen LogP contribution is 2.39. The van der Waals surface area contributed by atoms with Gasteiger partial charge in [0.15, 0.2) is 6.10 Å². The van der Waals surface area contributed by atoms with E-state index in [1.807, 2.05) is 6.92 Å². The van der Waals surface area contributed by atoms with Crippen LogP contribution in [0.25, 0.3) is 0 Å². The van der Waals surface area contributed by atoms with Crippen LogP contribution in [0.4, 0.5) is 13.2 Å². The molecule has 4 nitrogen and oxygen atoms in total. The van der Waals surface area contributed by atoms with Gasteiger partial charge in [0, 0.05) is 17.3 Å². The van der Waals surface area contributed by atoms with Gasteiger partial charge < -0.3 is 4.74 Å². The molecular formula is C19H21F3N2O2. The third kappa shape index (κ3) is 4.39. The van der Waals surface area contributed by atoms with Crippen molar-refractivity contribution in [2.75, 3.05) is 0 Å². The van der Waals surface area contributed by atoms with Crippen LogP contribution in [0.15, 0.2) is 36.8 Å². The normalized spacial score (nSPS) is 13.3. The molecule has 2 aromatic rings. The van der Waals surface area contributed by atoms with E-state index in [-0.39, 0.29) is 5.56 Å². The molecule has 0 N–H and O–H groups in total. The topological polar surface area (TPSA) is 52.1 Å². The van der Waals surface area contributed by atoms with Crippen LogP contribution in [0.1, 0.15) is 56.2 Å². The number of aromatic nitrogens is 2. The summed E-state index contributed by atoms with van der Waals surface area (Å²) in [5.41, 5.74) is -0.972. The highest BCUT2D eigenvalue weighted by Gasteiger charge is 2.38. The molecule has 0 saturated carbocycles. The molecule has 1 aromatic carbocycles. The number of benzene rings is 1. The second kappa shape index (κ2) is 7.43. The minimum atomic E-state index is -4.58. The highest BCUT2D eigenvalue weighted by atomic mass is 19.4. The van der Waals surface area contributed by atoms with Crippen LogP contribution in [0.3, 0.4) is 0 Å². The molecule has 1 aromatic heterocycles. The molecule has 1 heterocycles. The van der Waals surface area contributed by atoms with Crippen molar-refractivity contribution >= 4 is 5.97 Å². The molecule has 0 aliphatic heterocycles. The molecule has 0 amide bonds. The lowest BCUT2D eigenvalue weighted by Gasteiger charge is -2.26. The number of rotatable bonds is 4. The van der Waals surface area contributed by atoms with Gasteiger partial charge >= 0.3 is 12.1 Å². The smallest absolute Gasteiger partial charge is 0.416 e. The number of hydrogen-bond donors (Lipinski definition) is 0. The van der Waals surface area contributed by atoms with Crippen LogP contribution in [0.5, 0.6) is 0 Å². The molecule has 7 heteroatoms. The third-order valence-corrected chi connectivity index (χ3v) is 3.83. The van der Waals surface area contributed by atoms with E-state index in [0.29, 0.717) is 17.7 Å². The van der Waals surface area contributed by atoms with Crippen molar-refractivity contribution in [3.8, 4) is 0 Å². The van der Waals surface area contributed by atoms with Crippen LogP contribution in [-0.2, 0) is 22.1 Å². The fourth-order valence-electron chi connectivity index (χ4n) is 2.44. The summed E-state index contributed by atoms with van der Waals surface area (Å²) in [6, 6.07) is 5.08. The average molecular weight is 366 g/mol. The van der Waals surface area contributed by atoms with Gasteiger partial charge in [-0.2, -0.15) is 13.2 Å². The largest absolute Gasteiger partial charge is 0.452 e. The van der Waals surface area contributed by atoms with Gasteiger partial charge in [0.2, 0.25) is 0 Å². The van der Waals surface area contributed by atoms with E-state index in [1.54, 1.807) is 20.8 Å². The van der Waals surface area contributed by atoms with Crippen LogP contribution < -0.4 is 0 Å². The van der Waals surface area contributed by atoms with Crippen molar-refractivity contribution in [1.82, 2.24) is 9.97 Å². The molecule has 140 valence electrons. The lowest BCUT2D eigenvalue weighted by atomic mass is 9.93. The molecule has 26 heavy (non-hydrogen) atoms. The zero-order valence-corrected chi connectivity index (χ0v) is 15.1. The third-order valence-electron chi connectivity index (χ3n) is 3.83. The minimum absolute atomic E-state index is 0.137. The fraction of sp³-hybridized carbons (Fsp3) is 0.421. The van der Waals surface area contributed by atoms with Crippen molar-refractivity contribution in [2.45, 2.75) is 46.4 Å². The van der Waals surface area contributed by atoms with E-state index < -0.39 is 29.2 Å². The molecule has 0 aliphatic carbocycles. The standard InChI is InChI=1S/C19H21F3N2O2/c1-5-15-13(10-23-11-24-15)16(26-17(25)18(2,3)4)12-8-6-7-9-14(12)19(20,21)22/h6-11,16H,5H2,1-4H3. The zero-order valence-electron chi connectivity index (χ0n) is 15.1. The van der Waals surface area contributed by atoms with Crippen molar-refractivity contribution in [3.05, 3.63) is 59.2 Å². The van der Waals surface area contributed by atoms with Gasteiger partial charge in [-0.25, -0.2) is 9.97 Å². The Morgan fingerprint density at radius 3 is 2.38 bits per heavy atom. The minimum Gasteiger partial charge on any atom is -0.452 e. The van der Waals surface area contributed by atoms with E-state index in [4.69, 9.17) is 4.74 Å². The maximum atomic E-state index is 13.5. The van der Waals surface area contributed by atoms with Crippen LogP contribution in [0, 0.1) is 5.41 Å². The summed E-state index contributed by atoms with van der Waals surface area (Å²) in [6.07, 6.45) is -2.63. The van der Waals surface area contributed by atoms with Crippen LogP contribution >= 0.6 is 0 Å². The molecule has 1 unspecified atom stereocenters. The second-order valence-corrected chi connectivity index (χ2v) is 6.90. The number of esters is 1. The predicted octanol–water partition coefficient (Wildman–Crippen LogP) is 4.74. The lowest BCUT2D eigenvalue weighted by molar-refractivity contribution is -0.158. The monoisotopic (exact) mass is 366 g/mol. The van der Waals surface area contributed by atoms with Crippen molar-refractivity contribution in [3.63, 3.8) is 0 Å². The number of ether oxygens (including phenoxy) is 1. The summed E-state index contributed by atoms with van der Waals surface area (Å²) >= 11 is 0. The maximum Gasteiger partial charge on any atom is 0.416 e. The SMILES string of the molecule is CCc1ncncc1C(OC(=O)C(C)(C)C)c1ccccc1C(F)(F)F. The Bertz CT molecular complexity index is 783. The van der Waals surface area contributed by atoms with Crippen molar-refractivity contribution < 1.29 is 22.7 Å². The lowest BCUT2D eigenvalue weighted by Crippen LogP contribution is -2.27. The first-order valence-electron chi connectivity index (χ1n) is 8.21. The molecule has 0 fully saturated rings. The first kappa shape index (κ1) is 19.9. The van der Waals surface area contributed by atoms with E-state index in [1.165, 1.54) is 30.7 Å².